The number of halogens is 2. The number of aryl methyl sites for hydroxylation is 1. The lowest BCUT2D eigenvalue weighted by atomic mass is 9.84. The Morgan fingerprint density at radius 1 is 1.26 bits per heavy atom. The number of nitrogens with two attached hydrogens (primary N) is 1. The molecule has 6 nitrogen and oxygen atoms in total. The zero-order valence-corrected chi connectivity index (χ0v) is 17.4. The number of amides is 1. The lowest BCUT2D eigenvalue weighted by Crippen LogP contribution is -2.48. The van der Waals surface area contributed by atoms with Gasteiger partial charge in [0.2, 0.25) is 5.91 Å². The first kappa shape index (κ1) is 22.5. The molecule has 4 rings (SSSR count). The van der Waals surface area contributed by atoms with Crippen LogP contribution in [-0.2, 0) is 9.53 Å². The van der Waals surface area contributed by atoms with Crippen molar-refractivity contribution in [1.29, 1.82) is 0 Å². The van der Waals surface area contributed by atoms with Crippen molar-refractivity contribution >= 4 is 30.7 Å². The van der Waals surface area contributed by atoms with Crippen LogP contribution in [-0.4, -0.2) is 49.7 Å². The van der Waals surface area contributed by atoms with Gasteiger partial charge in [-0.3, -0.25) is 9.69 Å². The molecule has 2 saturated carbocycles. The highest BCUT2D eigenvalue weighted by molar-refractivity contribution is 5.85. The molecule has 3 aliphatic rings. The highest BCUT2D eigenvalue weighted by Gasteiger charge is 2.49. The van der Waals surface area contributed by atoms with E-state index in [9.17, 15) is 4.79 Å². The van der Waals surface area contributed by atoms with Crippen LogP contribution in [0.1, 0.15) is 36.8 Å². The van der Waals surface area contributed by atoms with E-state index in [2.05, 4.69) is 10.2 Å². The molecular weight excluding hydrogens is 389 g/mol. The summed E-state index contributed by atoms with van der Waals surface area (Å²) in [4.78, 5) is 15.1. The SMILES string of the molecule is Cc1ccc(C(CNC(=O)C2C3CCC(C3)C2N)N2CCOCC2)o1.Cl.Cl. The molecule has 3 N–H and O–H groups in total. The number of furan rings is 1. The van der Waals surface area contributed by atoms with Crippen LogP contribution in [0.3, 0.4) is 0 Å². The number of carbonyl (C=O) groups is 1. The summed E-state index contributed by atoms with van der Waals surface area (Å²) in [6, 6.07) is 4.09. The van der Waals surface area contributed by atoms with Gasteiger partial charge in [0.25, 0.3) is 0 Å². The van der Waals surface area contributed by atoms with Gasteiger partial charge >= 0.3 is 0 Å². The van der Waals surface area contributed by atoms with Crippen LogP contribution in [0.4, 0.5) is 0 Å². The van der Waals surface area contributed by atoms with E-state index in [0.717, 1.165) is 50.7 Å². The van der Waals surface area contributed by atoms with E-state index in [1.54, 1.807) is 0 Å². The Labute approximate surface area is 173 Å². The minimum atomic E-state index is -0.0116. The second kappa shape index (κ2) is 9.61. The molecule has 2 heterocycles. The fourth-order valence-electron chi connectivity index (χ4n) is 4.97. The van der Waals surface area contributed by atoms with Crippen molar-refractivity contribution in [3.8, 4) is 0 Å². The van der Waals surface area contributed by atoms with Crippen LogP contribution in [0.5, 0.6) is 0 Å². The lowest BCUT2D eigenvalue weighted by molar-refractivity contribution is -0.127. The molecule has 3 fully saturated rings. The molecule has 5 atom stereocenters. The van der Waals surface area contributed by atoms with Crippen molar-refractivity contribution in [2.75, 3.05) is 32.8 Å². The normalized spacial score (nSPS) is 31.0. The van der Waals surface area contributed by atoms with Gasteiger partial charge in [-0.15, -0.1) is 24.8 Å². The van der Waals surface area contributed by atoms with Crippen LogP contribution < -0.4 is 11.1 Å². The fourth-order valence-corrected chi connectivity index (χ4v) is 4.97. The first-order valence-electron chi connectivity index (χ1n) is 9.55. The lowest BCUT2D eigenvalue weighted by Gasteiger charge is -2.34. The second-order valence-electron chi connectivity index (χ2n) is 7.79. The molecule has 1 saturated heterocycles. The van der Waals surface area contributed by atoms with E-state index in [4.69, 9.17) is 14.9 Å². The van der Waals surface area contributed by atoms with Crippen molar-refractivity contribution < 1.29 is 13.9 Å². The van der Waals surface area contributed by atoms with E-state index in [1.165, 1.54) is 6.42 Å². The molecule has 2 aliphatic carbocycles. The number of hydrogen-bond donors (Lipinski definition) is 2. The van der Waals surface area contributed by atoms with Gasteiger partial charge < -0.3 is 20.2 Å². The van der Waals surface area contributed by atoms with Crippen LogP contribution in [0, 0.1) is 24.7 Å². The molecule has 1 aromatic heterocycles. The first-order chi connectivity index (χ1) is 12.1. The van der Waals surface area contributed by atoms with Gasteiger partial charge in [0.1, 0.15) is 11.5 Å². The standard InChI is InChI=1S/C19H29N3O3.2ClH/c1-12-2-5-16(25-12)15(22-6-8-24-9-7-22)11-21-19(23)17-13-3-4-14(10-13)18(17)20;;/h2,5,13-15,17-18H,3-4,6-11,20H2,1H3,(H,21,23);2*1H. The molecule has 1 aliphatic heterocycles. The third kappa shape index (κ3) is 4.62. The summed E-state index contributed by atoms with van der Waals surface area (Å²) in [7, 11) is 0. The molecule has 0 radical (unpaired) electrons. The van der Waals surface area contributed by atoms with Crippen LogP contribution in [0.15, 0.2) is 16.5 Å². The number of rotatable bonds is 5. The van der Waals surface area contributed by atoms with E-state index in [1.807, 2.05) is 19.1 Å². The molecule has 2 bridgehead atoms. The summed E-state index contributed by atoms with van der Waals surface area (Å²) in [6.07, 6.45) is 3.47. The Bertz CT molecular complexity index is 619. The monoisotopic (exact) mass is 419 g/mol. The molecular formula is C19H31Cl2N3O3. The number of ether oxygens (including phenoxy) is 1. The molecule has 154 valence electrons. The zero-order chi connectivity index (χ0) is 17.4. The van der Waals surface area contributed by atoms with Crippen molar-refractivity contribution in [2.45, 2.75) is 38.3 Å². The summed E-state index contributed by atoms with van der Waals surface area (Å²) in [6.45, 7) is 5.67. The molecule has 27 heavy (non-hydrogen) atoms. The maximum atomic E-state index is 12.8. The van der Waals surface area contributed by atoms with Gasteiger partial charge in [-0.05, 0) is 50.2 Å². The maximum absolute atomic E-state index is 12.8. The van der Waals surface area contributed by atoms with Gasteiger partial charge in [0, 0.05) is 25.7 Å². The van der Waals surface area contributed by atoms with E-state index in [0.29, 0.717) is 18.4 Å². The van der Waals surface area contributed by atoms with Gasteiger partial charge in [0.15, 0.2) is 0 Å². The van der Waals surface area contributed by atoms with E-state index >= 15 is 0 Å². The third-order valence-corrected chi connectivity index (χ3v) is 6.33. The van der Waals surface area contributed by atoms with Crippen molar-refractivity contribution in [2.24, 2.45) is 23.5 Å². The highest BCUT2D eigenvalue weighted by atomic mass is 35.5. The molecule has 5 unspecified atom stereocenters. The average molecular weight is 420 g/mol. The van der Waals surface area contributed by atoms with Crippen LogP contribution in [0.25, 0.3) is 0 Å². The molecule has 0 spiro atoms. The Balaban J connectivity index is 0.00000131. The summed E-state index contributed by atoms with van der Waals surface area (Å²) in [5, 5.41) is 3.18. The van der Waals surface area contributed by atoms with Gasteiger partial charge in [-0.1, -0.05) is 0 Å². The smallest absolute Gasteiger partial charge is 0.225 e. The van der Waals surface area contributed by atoms with Gasteiger partial charge in [0.05, 0.1) is 25.2 Å². The first-order valence-corrected chi connectivity index (χ1v) is 9.55. The van der Waals surface area contributed by atoms with E-state index < -0.39 is 0 Å². The van der Waals surface area contributed by atoms with Crippen molar-refractivity contribution in [1.82, 2.24) is 10.2 Å². The van der Waals surface area contributed by atoms with E-state index in [-0.39, 0.29) is 48.7 Å². The quantitative estimate of drug-likeness (QED) is 0.764. The summed E-state index contributed by atoms with van der Waals surface area (Å²) in [5.74, 6) is 2.95. The largest absolute Gasteiger partial charge is 0.465 e. The predicted molar refractivity (Wildman–Crippen MR) is 108 cm³/mol. The topological polar surface area (TPSA) is 80.7 Å². The minimum Gasteiger partial charge on any atom is -0.465 e. The van der Waals surface area contributed by atoms with Gasteiger partial charge in [-0.2, -0.15) is 0 Å². The van der Waals surface area contributed by atoms with Crippen molar-refractivity contribution in [3.05, 3.63) is 23.7 Å². The molecule has 1 aromatic rings. The number of morpholine rings is 1. The Hall–Kier alpha value is -0.790. The minimum absolute atomic E-state index is 0. The molecule has 8 heteroatoms. The van der Waals surface area contributed by atoms with Crippen LogP contribution >= 0.6 is 24.8 Å². The fraction of sp³-hybridized carbons (Fsp3) is 0.737. The number of hydrogen-bond acceptors (Lipinski definition) is 5. The van der Waals surface area contributed by atoms with Crippen LogP contribution in [0.2, 0.25) is 0 Å². The number of fused-ring (bicyclic) bond motifs is 2. The predicted octanol–water partition coefficient (Wildman–Crippen LogP) is 2.29. The van der Waals surface area contributed by atoms with Gasteiger partial charge in [-0.25, -0.2) is 0 Å². The Morgan fingerprint density at radius 2 is 1.96 bits per heavy atom. The second-order valence-corrected chi connectivity index (χ2v) is 7.79. The third-order valence-electron chi connectivity index (χ3n) is 6.33. The number of nitrogens with zero attached hydrogens (tertiary/aromatic N) is 1. The maximum Gasteiger partial charge on any atom is 0.225 e. The average Bonchev–Trinajstić information content (AvgIpc) is 3.32. The Kier molecular flexibility index (Phi) is 8.01. The number of carbonyl (C=O) groups excluding carboxylic acids is 1. The summed E-state index contributed by atoms with van der Waals surface area (Å²) >= 11 is 0. The molecule has 1 amide bonds. The highest BCUT2D eigenvalue weighted by Crippen LogP contribution is 2.47. The van der Waals surface area contributed by atoms with Crippen molar-refractivity contribution in [3.63, 3.8) is 0 Å². The number of nitrogens with one attached hydrogen (secondary N) is 1. The summed E-state index contributed by atoms with van der Waals surface area (Å²) < 4.78 is 11.3. The summed E-state index contributed by atoms with van der Waals surface area (Å²) in [5.41, 5.74) is 6.32. The Morgan fingerprint density at radius 3 is 2.56 bits per heavy atom. The zero-order valence-electron chi connectivity index (χ0n) is 15.8. The molecule has 0 aromatic carbocycles.